The maximum atomic E-state index is 15.1. The molecule has 2 aromatic carbocycles. The van der Waals surface area contributed by atoms with Crippen LogP contribution in [-0.2, 0) is 17.8 Å². The van der Waals surface area contributed by atoms with Crippen molar-refractivity contribution in [3.05, 3.63) is 117 Å². The summed E-state index contributed by atoms with van der Waals surface area (Å²) in [4.78, 5) is 19.5. The fraction of sp³-hybridized carbons (Fsp3) is 0.511. The third-order valence-corrected chi connectivity index (χ3v) is 17.3. The van der Waals surface area contributed by atoms with Crippen molar-refractivity contribution in [3.8, 4) is 0 Å². The van der Waals surface area contributed by atoms with Crippen LogP contribution >= 0.6 is 22.7 Å². The van der Waals surface area contributed by atoms with Crippen LogP contribution in [0.3, 0.4) is 0 Å². The standard InChI is InChI=1S/C47H55NO5S2/c1-43-18-14-34(49)26-45(43)21-22-47(37(27-45)42(51)39-25-33-11-6-7-13-38(33)55-39)40(43)15-19-44(2)41(47)16-20-46(44,52)31-48(23-17-36-12-8-24-54-36)28-35(50)30-53-29-32-9-4-3-5-10-32/h3-13,21-22,24-25,27,34-35,40-41,49-50,52H,14-20,23,26,28-31H2,1-2H3/t34?,35-,40-,41-,43-,44+,45+,46-,47-/m1/s1. The quantitative estimate of drug-likeness (QED) is 0.0929. The fourth-order valence-electron chi connectivity index (χ4n) is 12.4. The highest BCUT2D eigenvalue weighted by atomic mass is 32.1. The Kier molecular flexibility index (Phi) is 9.68. The van der Waals surface area contributed by atoms with Gasteiger partial charge in [-0.25, -0.2) is 0 Å². The van der Waals surface area contributed by atoms with Gasteiger partial charge in [0.2, 0.25) is 0 Å². The van der Waals surface area contributed by atoms with Gasteiger partial charge in [-0.05, 0) is 103 Å². The lowest BCUT2D eigenvalue weighted by molar-refractivity contribution is -0.177. The van der Waals surface area contributed by atoms with Gasteiger partial charge in [-0.3, -0.25) is 9.69 Å². The number of aliphatic hydroxyl groups excluding tert-OH is 2. The molecule has 8 heteroatoms. The molecule has 2 bridgehead atoms. The molecule has 0 saturated heterocycles. The summed E-state index contributed by atoms with van der Waals surface area (Å²) >= 11 is 3.33. The SMILES string of the molecule is C[C@]12CC[C@H]3[C@]4(C=C[C@@]5(C=C4C(=O)c4cc6ccccc6s4)CC(O)CC[C@]35C)[C@@H]1CC[C@@]2(O)CN(CCc1cccs1)C[C@@H](O)COCc1ccccc1. The van der Waals surface area contributed by atoms with E-state index in [0.29, 0.717) is 32.5 Å². The Morgan fingerprint density at radius 1 is 0.945 bits per heavy atom. The molecule has 290 valence electrons. The van der Waals surface area contributed by atoms with Gasteiger partial charge in [0.05, 0.1) is 35.9 Å². The molecule has 6 aliphatic rings. The van der Waals surface area contributed by atoms with E-state index in [9.17, 15) is 15.3 Å². The minimum Gasteiger partial charge on any atom is -0.393 e. The van der Waals surface area contributed by atoms with E-state index in [0.717, 1.165) is 71.2 Å². The molecule has 4 aromatic rings. The second-order valence-electron chi connectivity index (χ2n) is 18.0. The molecule has 1 unspecified atom stereocenters. The Hall–Kier alpha value is -2.95. The molecule has 10 rings (SSSR count). The van der Waals surface area contributed by atoms with Crippen molar-refractivity contribution in [2.24, 2.45) is 33.5 Å². The predicted molar refractivity (Wildman–Crippen MR) is 221 cm³/mol. The molecule has 0 radical (unpaired) electrons. The highest BCUT2D eigenvalue weighted by molar-refractivity contribution is 7.21. The number of fused-ring (bicyclic) bond motifs is 2. The first-order chi connectivity index (χ1) is 26.5. The van der Waals surface area contributed by atoms with Gasteiger partial charge in [0.1, 0.15) is 0 Å². The molecule has 2 aromatic heterocycles. The van der Waals surface area contributed by atoms with Crippen LogP contribution in [0.15, 0.2) is 102 Å². The molecule has 9 atom stereocenters. The molecule has 6 nitrogen and oxygen atoms in total. The van der Waals surface area contributed by atoms with Crippen molar-refractivity contribution in [3.63, 3.8) is 0 Å². The van der Waals surface area contributed by atoms with Crippen LogP contribution in [0.4, 0.5) is 0 Å². The van der Waals surface area contributed by atoms with Crippen molar-refractivity contribution in [2.45, 2.75) is 89.6 Å². The summed E-state index contributed by atoms with van der Waals surface area (Å²) in [7, 11) is 0. The van der Waals surface area contributed by atoms with E-state index in [-0.39, 0.29) is 41.2 Å². The van der Waals surface area contributed by atoms with E-state index in [1.807, 2.05) is 42.5 Å². The van der Waals surface area contributed by atoms with Gasteiger partial charge in [0, 0.05) is 51.0 Å². The van der Waals surface area contributed by atoms with Crippen LogP contribution in [0.5, 0.6) is 0 Å². The molecule has 0 amide bonds. The maximum absolute atomic E-state index is 15.1. The van der Waals surface area contributed by atoms with Crippen LogP contribution in [0.25, 0.3) is 10.1 Å². The van der Waals surface area contributed by atoms with Crippen LogP contribution in [0, 0.1) is 33.5 Å². The normalized spacial score (nSPS) is 35.4. The zero-order chi connectivity index (χ0) is 38.1. The molecule has 0 aliphatic heterocycles. The number of nitrogens with zero attached hydrogens (tertiary/aromatic N) is 1. The number of benzene rings is 2. The van der Waals surface area contributed by atoms with Crippen LogP contribution in [0.2, 0.25) is 0 Å². The number of hydrogen-bond donors (Lipinski definition) is 3. The van der Waals surface area contributed by atoms with Crippen LogP contribution in [0.1, 0.15) is 78.9 Å². The van der Waals surface area contributed by atoms with Gasteiger partial charge in [-0.15, -0.1) is 22.7 Å². The summed E-state index contributed by atoms with van der Waals surface area (Å²) in [6.07, 6.45) is 12.5. The number of allylic oxidation sites excluding steroid dienone is 4. The minimum atomic E-state index is -1.01. The molecule has 3 saturated carbocycles. The lowest BCUT2D eigenvalue weighted by Gasteiger charge is -2.71. The van der Waals surface area contributed by atoms with Gasteiger partial charge in [-0.1, -0.05) is 86.7 Å². The number of Topliss-reactive ketones (excluding diaryl/α,β-unsaturated/α-hetero) is 1. The number of aliphatic hydroxyl groups is 3. The molecule has 3 fully saturated rings. The monoisotopic (exact) mass is 777 g/mol. The van der Waals surface area contributed by atoms with Crippen molar-refractivity contribution in [1.29, 1.82) is 0 Å². The van der Waals surface area contributed by atoms with Crippen molar-refractivity contribution in [1.82, 2.24) is 4.90 Å². The van der Waals surface area contributed by atoms with Crippen molar-refractivity contribution in [2.75, 3.05) is 26.2 Å². The molecular weight excluding hydrogens is 723 g/mol. The lowest BCUT2D eigenvalue weighted by atomic mass is 9.32. The van der Waals surface area contributed by atoms with E-state index < -0.39 is 22.5 Å². The Balaban J connectivity index is 1.03. The first-order valence-corrected chi connectivity index (χ1v) is 22.1. The smallest absolute Gasteiger partial charge is 0.199 e. The molecule has 3 N–H and O–H groups in total. The molecule has 6 aliphatic carbocycles. The summed E-state index contributed by atoms with van der Waals surface area (Å²) in [6.45, 7) is 7.02. The zero-order valence-corrected chi connectivity index (χ0v) is 33.8. The molecule has 2 spiro atoms. The molecule has 2 heterocycles. The largest absolute Gasteiger partial charge is 0.393 e. The van der Waals surface area contributed by atoms with Gasteiger partial charge in [0.15, 0.2) is 5.78 Å². The Morgan fingerprint density at radius 3 is 2.51 bits per heavy atom. The number of carbonyl (C=O) groups excluding carboxylic acids is 1. The Bertz CT molecular complexity index is 2060. The number of thiophene rings is 2. The van der Waals surface area contributed by atoms with E-state index in [1.54, 1.807) is 22.7 Å². The fourth-order valence-corrected chi connectivity index (χ4v) is 14.1. The van der Waals surface area contributed by atoms with Gasteiger partial charge < -0.3 is 20.1 Å². The van der Waals surface area contributed by atoms with Crippen molar-refractivity contribution >= 4 is 38.5 Å². The summed E-state index contributed by atoms with van der Waals surface area (Å²) in [5.41, 5.74) is -0.428. The van der Waals surface area contributed by atoms with E-state index >= 15 is 4.79 Å². The minimum absolute atomic E-state index is 0.0739. The maximum Gasteiger partial charge on any atom is 0.199 e. The Labute approximate surface area is 333 Å². The van der Waals surface area contributed by atoms with E-state index in [2.05, 4.69) is 72.7 Å². The van der Waals surface area contributed by atoms with E-state index in [1.165, 1.54) is 4.88 Å². The number of rotatable bonds is 13. The van der Waals surface area contributed by atoms with Crippen LogP contribution in [-0.4, -0.2) is 70.1 Å². The Morgan fingerprint density at radius 2 is 1.71 bits per heavy atom. The van der Waals surface area contributed by atoms with Crippen LogP contribution < -0.4 is 0 Å². The van der Waals surface area contributed by atoms with Gasteiger partial charge in [-0.2, -0.15) is 0 Å². The first-order valence-electron chi connectivity index (χ1n) is 20.4. The molecule has 55 heavy (non-hydrogen) atoms. The lowest BCUT2D eigenvalue weighted by Crippen LogP contribution is -2.67. The first kappa shape index (κ1) is 37.6. The van der Waals surface area contributed by atoms with E-state index in [4.69, 9.17) is 4.74 Å². The average Bonchev–Trinajstić information content (AvgIpc) is 3.92. The third kappa shape index (κ3) is 6.09. The topological polar surface area (TPSA) is 90.2 Å². The molecular formula is C47H55NO5S2. The number of hydrogen-bond acceptors (Lipinski definition) is 8. The summed E-state index contributed by atoms with van der Waals surface area (Å²) in [5, 5.41) is 38.8. The summed E-state index contributed by atoms with van der Waals surface area (Å²) in [5.74, 6) is 0.438. The third-order valence-electron chi connectivity index (χ3n) is 15.2. The second kappa shape index (κ2) is 14.2. The zero-order valence-electron chi connectivity index (χ0n) is 32.2. The summed E-state index contributed by atoms with van der Waals surface area (Å²) < 4.78 is 7.09. The number of ether oxygens (including phenoxy) is 1. The predicted octanol–water partition coefficient (Wildman–Crippen LogP) is 8.86. The number of carbonyl (C=O) groups is 1. The van der Waals surface area contributed by atoms with Gasteiger partial charge in [0.25, 0.3) is 0 Å². The number of ketones is 1. The highest BCUT2D eigenvalue weighted by Crippen LogP contribution is 2.78. The second-order valence-corrected chi connectivity index (χ2v) is 20.1. The highest BCUT2D eigenvalue weighted by Gasteiger charge is 2.74. The van der Waals surface area contributed by atoms with Crippen molar-refractivity contribution < 1.29 is 24.9 Å². The summed E-state index contributed by atoms with van der Waals surface area (Å²) in [6, 6.07) is 24.6. The van der Waals surface area contributed by atoms with Gasteiger partial charge >= 0.3 is 0 Å². The average molecular weight is 778 g/mol.